The maximum atomic E-state index is 6.13. The normalized spacial score (nSPS) is 11.1. The Bertz CT molecular complexity index is 579. The molecule has 0 amide bonds. The lowest BCUT2D eigenvalue weighted by Gasteiger charge is -2.14. The first-order valence-electron chi connectivity index (χ1n) is 6.05. The van der Waals surface area contributed by atoms with E-state index in [0.29, 0.717) is 23.0 Å². The lowest BCUT2D eigenvalue weighted by Crippen LogP contribution is -2.07. The number of nitrogen functional groups attached to an aromatic ring is 2. The minimum Gasteiger partial charge on any atom is -0.496 e. The number of nitrogens with zero attached hydrogens (tertiary/aromatic N) is 1. The highest BCUT2D eigenvalue weighted by Crippen LogP contribution is 2.35. The van der Waals surface area contributed by atoms with Gasteiger partial charge in [0.25, 0.3) is 0 Å². The van der Waals surface area contributed by atoms with Crippen LogP contribution in [0.1, 0.15) is 19.5 Å². The topological polar surface area (TPSA) is 74.2 Å². The van der Waals surface area contributed by atoms with Gasteiger partial charge in [0.15, 0.2) is 0 Å². The standard InChI is InChI=1S/C14H19N3O/c1-8(2)7-10-13(15)14(16)12-9(17-10)5-4-6-11(12)18-3/h4-6,8H,7,15H2,1-3H3,(H2,16,17). The monoisotopic (exact) mass is 245 g/mol. The summed E-state index contributed by atoms with van der Waals surface area (Å²) in [5.74, 6) is 1.20. The molecule has 1 aromatic heterocycles. The molecule has 4 N–H and O–H groups in total. The zero-order valence-corrected chi connectivity index (χ0v) is 11.0. The van der Waals surface area contributed by atoms with Crippen molar-refractivity contribution in [3.05, 3.63) is 23.9 Å². The molecule has 0 saturated heterocycles. The highest BCUT2D eigenvalue weighted by atomic mass is 16.5. The molecule has 0 aliphatic heterocycles. The van der Waals surface area contributed by atoms with Crippen molar-refractivity contribution >= 4 is 22.3 Å². The molecule has 0 bridgehead atoms. The van der Waals surface area contributed by atoms with Crippen molar-refractivity contribution in [2.45, 2.75) is 20.3 Å². The van der Waals surface area contributed by atoms with E-state index in [9.17, 15) is 0 Å². The van der Waals surface area contributed by atoms with Crippen LogP contribution >= 0.6 is 0 Å². The van der Waals surface area contributed by atoms with Crippen LogP contribution < -0.4 is 16.2 Å². The molecule has 2 aromatic rings. The Hall–Kier alpha value is -1.97. The van der Waals surface area contributed by atoms with Crippen LogP contribution in [0, 0.1) is 5.92 Å². The summed E-state index contributed by atoms with van der Waals surface area (Å²) in [6.07, 6.45) is 0.823. The van der Waals surface area contributed by atoms with Gasteiger partial charge < -0.3 is 16.2 Å². The van der Waals surface area contributed by atoms with Crippen LogP contribution in [0.3, 0.4) is 0 Å². The van der Waals surface area contributed by atoms with Gasteiger partial charge in [-0.3, -0.25) is 4.98 Å². The average molecular weight is 245 g/mol. The first-order chi connectivity index (χ1) is 8.54. The predicted octanol–water partition coefficient (Wildman–Crippen LogP) is 2.61. The largest absolute Gasteiger partial charge is 0.496 e. The van der Waals surface area contributed by atoms with E-state index >= 15 is 0 Å². The van der Waals surface area contributed by atoms with Gasteiger partial charge in [0.2, 0.25) is 0 Å². The number of hydrogen-bond acceptors (Lipinski definition) is 4. The molecule has 0 saturated carbocycles. The molecule has 96 valence electrons. The second-order valence-corrected chi connectivity index (χ2v) is 4.84. The summed E-state index contributed by atoms with van der Waals surface area (Å²) in [6, 6.07) is 5.70. The van der Waals surface area contributed by atoms with Crippen LogP contribution in [-0.2, 0) is 6.42 Å². The number of fused-ring (bicyclic) bond motifs is 1. The van der Waals surface area contributed by atoms with Gasteiger partial charge >= 0.3 is 0 Å². The van der Waals surface area contributed by atoms with Gasteiger partial charge in [-0.05, 0) is 24.5 Å². The number of benzene rings is 1. The predicted molar refractivity (Wildman–Crippen MR) is 75.7 cm³/mol. The second kappa shape index (κ2) is 4.72. The fourth-order valence-electron chi connectivity index (χ4n) is 2.09. The fourth-order valence-corrected chi connectivity index (χ4v) is 2.09. The molecule has 2 rings (SSSR count). The molecule has 0 atom stereocenters. The molecule has 0 radical (unpaired) electrons. The zero-order valence-electron chi connectivity index (χ0n) is 11.0. The van der Waals surface area contributed by atoms with Crippen LogP contribution in [0.25, 0.3) is 10.9 Å². The van der Waals surface area contributed by atoms with Crippen LogP contribution in [0.5, 0.6) is 5.75 Å². The Morgan fingerprint density at radius 1 is 1.22 bits per heavy atom. The molecule has 0 spiro atoms. The summed E-state index contributed by atoms with van der Waals surface area (Å²) in [4.78, 5) is 4.60. The lowest BCUT2D eigenvalue weighted by atomic mass is 10.0. The summed E-state index contributed by atoms with van der Waals surface area (Å²) in [7, 11) is 1.62. The van der Waals surface area contributed by atoms with Gasteiger partial charge in [-0.25, -0.2) is 0 Å². The zero-order chi connectivity index (χ0) is 13.3. The number of aromatic nitrogens is 1. The number of methoxy groups -OCH3 is 1. The van der Waals surface area contributed by atoms with E-state index in [2.05, 4.69) is 18.8 Å². The molecule has 0 aliphatic rings. The maximum Gasteiger partial charge on any atom is 0.130 e. The molecule has 1 heterocycles. The van der Waals surface area contributed by atoms with Crippen molar-refractivity contribution in [3.63, 3.8) is 0 Å². The van der Waals surface area contributed by atoms with Crippen molar-refractivity contribution < 1.29 is 4.74 Å². The minimum atomic E-state index is 0.488. The summed E-state index contributed by atoms with van der Waals surface area (Å²) in [5.41, 5.74) is 15.0. The molecule has 0 aliphatic carbocycles. The summed E-state index contributed by atoms with van der Waals surface area (Å²) in [6.45, 7) is 4.26. The van der Waals surface area contributed by atoms with Crippen molar-refractivity contribution in [1.82, 2.24) is 4.98 Å². The van der Waals surface area contributed by atoms with Gasteiger partial charge in [-0.15, -0.1) is 0 Å². The molecule has 1 aromatic carbocycles. The van der Waals surface area contributed by atoms with Gasteiger partial charge in [-0.1, -0.05) is 19.9 Å². The van der Waals surface area contributed by atoms with Gasteiger partial charge in [0.1, 0.15) is 5.75 Å². The van der Waals surface area contributed by atoms with Gasteiger partial charge in [0, 0.05) is 0 Å². The third kappa shape index (κ3) is 2.06. The summed E-state index contributed by atoms with van der Waals surface area (Å²) >= 11 is 0. The van der Waals surface area contributed by atoms with E-state index in [0.717, 1.165) is 23.0 Å². The third-order valence-corrected chi connectivity index (χ3v) is 2.95. The number of anilines is 2. The van der Waals surface area contributed by atoms with Crippen molar-refractivity contribution in [2.24, 2.45) is 5.92 Å². The number of pyridine rings is 1. The van der Waals surface area contributed by atoms with Gasteiger partial charge in [0.05, 0.1) is 35.1 Å². The molecular weight excluding hydrogens is 226 g/mol. The van der Waals surface area contributed by atoms with E-state index in [1.54, 1.807) is 7.11 Å². The fraction of sp³-hybridized carbons (Fsp3) is 0.357. The molecule has 4 heteroatoms. The highest BCUT2D eigenvalue weighted by molar-refractivity contribution is 6.00. The molecule has 0 unspecified atom stereocenters. The number of ether oxygens (including phenoxy) is 1. The summed E-state index contributed by atoms with van der Waals surface area (Å²) in [5, 5.41) is 0.796. The molecule has 4 nitrogen and oxygen atoms in total. The maximum absolute atomic E-state index is 6.13. The Kier molecular flexibility index (Phi) is 3.28. The van der Waals surface area contributed by atoms with Crippen LogP contribution in [0.2, 0.25) is 0 Å². The van der Waals surface area contributed by atoms with Crippen molar-refractivity contribution in [2.75, 3.05) is 18.6 Å². The Morgan fingerprint density at radius 2 is 1.94 bits per heavy atom. The smallest absolute Gasteiger partial charge is 0.130 e. The number of nitrogens with two attached hydrogens (primary N) is 2. The van der Waals surface area contributed by atoms with E-state index in [1.807, 2.05) is 18.2 Å². The van der Waals surface area contributed by atoms with Gasteiger partial charge in [-0.2, -0.15) is 0 Å². The minimum absolute atomic E-state index is 0.488. The quantitative estimate of drug-likeness (QED) is 0.871. The first kappa shape index (κ1) is 12.5. The Morgan fingerprint density at radius 3 is 2.56 bits per heavy atom. The van der Waals surface area contributed by atoms with E-state index in [-0.39, 0.29) is 0 Å². The van der Waals surface area contributed by atoms with E-state index in [1.165, 1.54) is 0 Å². The van der Waals surface area contributed by atoms with Crippen molar-refractivity contribution in [3.8, 4) is 5.75 Å². The van der Waals surface area contributed by atoms with Crippen molar-refractivity contribution in [1.29, 1.82) is 0 Å². The Labute approximate surface area is 107 Å². The Balaban J connectivity index is 2.70. The van der Waals surface area contributed by atoms with Crippen LogP contribution in [0.15, 0.2) is 18.2 Å². The average Bonchev–Trinajstić information content (AvgIpc) is 2.34. The first-order valence-corrected chi connectivity index (χ1v) is 6.05. The molecular formula is C14H19N3O. The van der Waals surface area contributed by atoms with E-state index in [4.69, 9.17) is 16.2 Å². The molecule has 18 heavy (non-hydrogen) atoms. The second-order valence-electron chi connectivity index (χ2n) is 4.84. The highest BCUT2D eigenvalue weighted by Gasteiger charge is 2.14. The van der Waals surface area contributed by atoms with E-state index < -0.39 is 0 Å². The summed E-state index contributed by atoms with van der Waals surface area (Å²) < 4.78 is 5.31. The van der Waals surface area contributed by atoms with Crippen LogP contribution in [0.4, 0.5) is 11.4 Å². The molecule has 0 fully saturated rings. The third-order valence-electron chi connectivity index (χ3n) is 2.95. The van der Waals surface area contributed by atoms with Crippen LogP contribution in [-0.4, -0.2) is 12.1 Å². The number of hydrogen-bond donors (Lipinski definition) is 2. The lowest BCUT2D eigenvalue weighted by molar-refractivity contribution is 0.420. The number of rotatable bonds is 3. The SMILES string of the molecule is COc1cccc2nc(CC(C)C)c(N)c(N)c12.